The second kappa shape index (κ2) is 9.88. The van der Waals surface area contributed by atoms with Gasteiger partial charge in [0, 0.05) is 23.1 Å². The van der Waals surface area contributed by atoms with E-state index in [0.29, 0.717) is 10.7 Å². The van der Waals surface area contributed by atoms with Gasteiger partial charge < -0.3 is 5.32 Å². The number of hydrogen-bond acceptors (Lipinski definition) is 6. The molecule has 4 N–H and O–H groups in total. The molecule has 160 valence electrons. The molecule has 3 rings (SSSR count). The Morgan fingerprint density at radius 3 is 2.32 bits per heavy atom. The summed E-state index contributed by atoms with van der Waals surface area (Å²) in [5.41, 5.74) is 5.58. The zero-order valence-electron chi connectivity index (χ0n) is 15.5. The molecule has 3 aromatic rings. The van der Waals surface area contributed by atoms with Crippen molar-refractivity contribution in [3.8, 4) is 0 Å². The van der Waals surface area contributed by atoms with Gasteiger partial charge in [0.25, 0.3) is 15.9 Å². The molecule has 31 heavy (non-hydrogen) atoms. The van der Waals surface area contributed by atoms with Gasteiger partial charge in [-0.2, -0.15) is 0 Å². The summed E-state index contributed by atoms with van der Waals surface area (Å²) >= 11 is 17.0. The third kappa shape index (κ3) is 6.25. The number of anilines is 2. The molecular weight excluding hydrogens is 483 g/mol. The van der Waals surface area contributed by atoms with Crippen LogP contribution in [0.5, 0.6) is 0 Å². The first-order chi connectivity index (χ1) is 14.7. The highest BCUT2D eigenvalue weighted by atomic mass is 35.5. The number of nitrogens with zero attached hydrogens (tertiary/aromatic N) is 2. The molecule has 1 amide bonds. The minimum absolute atomic E-state index is 0.00767. The van der Waals surface area contributed by atoms with Gasteiger partial charge in [0.2, 0.25) is 5.95 Å². The summed E-state index contributed by atoms with van der Waals surface area (Å²) < 4.78 is 27.0. The largest absolute Gasteiger partial charge is 0.331 e. The van der Waals surface area contributed by atoms with E-state index in [-0.39, 0.29) is 26.5 Å². The number of hydrogen-bond donors (Lipinski definition) is 4. The van der Waals surface area contributed by atoms with Gasteiger partial charge in [-0.1, -0.05) is 23.2 Å². The van der Waals surface area contributed by atoms with Crippen molar-refractivity contribution in [3.05, 3.63) is 76.5 Å². The molecule has 0 aliphatic heterocycles. The Labute approximate surface area is 193 Å². The zero-order chi connectivity index (χ0) is 22.4. The summed E-state index contributed by atoms with van der Waals surface area (Å²) in [4.78, 5) is 19.8. The SMILES string of the molecule is O=C(NNC(=S)Nc1ccc(S(=O)(=O)Nc2ncccn2)cc1)c1cc(Cl)ccc1Cl. The molecule has 0 saturated heterocycles. The molecule has 0 bridgehead atoms. The Morgan fingerprint density at radius 1 is 0.968 bits per heavy atom. The average Bonchev–Trinajstić information content (AvgIpc) is 2.74. The first kappa shape index (κ1) is 22.7. The number of carbonyl (C=O) groups is 1. The molecule has 2 aromatic carbocycles. The Bertz CT molecular complexity index is 1210. The standard InChI is InChI=1S/C18H14Cl2N6O3S2/c19-11-2-7-15(20)14(10-11)16(27)24-25-18(30)23-12-3-5-13(6-4-12)31(28,29)26-17-21-8-1-9-22-17/h1-10H,(H,24,27)(H,21,22,26)(H2,23,25,30). The number of rotatable bonds is 5. The maximum Gasteiger partial charge on any atom is 0.271 e. The number of benzene rings is 2. The molecule has 1 aromatic heterocycles. The van der Waals surface area contributed by atoms with Crippen molar-refractivity contribution < 1.29 is 13.2 Å². The quantitative estimate of drug-likeness (QED) is 0.313. The van der Waals surface area contributed by atoms with Crippen LogP contribution >= 0.6 is 35.4 Å². The number of halogens is 2. The lowest BCUT2D eigenvalue weighted by molar-refractivity contribution is 0.0944. The minimum Gasteiger partial charge on any atom is -0.331 e. The van der Waals surface area contributed by atoms with Crippen LogP contribution in [-0.2, 0) is 10.0 Å². The smallest absolute Gasteiger partial charge is 0.271 e. The number of amides is 1. The van der Waals surface area contributed by atoms with Crippen LogP contribution in [0.2, 0.25) is 10.0 Å². The van der Waals surface area contributed by atoms with E-state index in [9.17, 15) is 13.2 Å². The van der Waals surface area contributed by atoms with E-state index in [0.717, 1.165) is 0 Å². The summed E-state index contributed by atoms with van der Waals surface area (Å²) in [6, 6.07) is 11.8. The lowest BCUT2D eigenvalue weighted by Gasteiger charge is -2.13. The van der Waals surface area contributed by atoms with Crippen LogP contribution in [0.15, 0.2) is 65.8 Å². The van der Waals surface area contributed by atoms with Gasteiger partial charge in [0.15, 0.2) is 5.11 Å². The highest BCUT2D eigenvalue weighted by Gasteiger charge is 2.15. The summed E-state index contributed by atoms with van der Waals surface area (Å²) in [7, 11) is -3.85. The number of thiocarbonyl (C=S) groups is 1. The van der Waals surface area contributed by atoms with Crippen molar-refractivity contribution in [2.45, 2.75) is 4.90 Å². The minimum atomic E-state index is -3.85. The lowest BCUT2D eigenvalue weighted by Crippen LogP contribution is -2.43. The van der Waals surface area contributed by atoms with Crippen molar-refractivity contribution in [1.29, 1.82) is 0 Å². The highest BCUT2D eigenvalue weighted by Crippen LogP contribution is 2.20. The van der Waals surface area contributed by atoms with E-state index < -0.39 is 15.9 Å². The fourth-order valence-corrected chi connectivity index (χ4v) is 3.77. The van der Waals surface area contributed by atoms with Gasteiger partial charge in [-0.15, -0.1) is 0 Å². The molecule has 9 nitrogen and oxygen atoms in total. The molecule has 0 saturated carbocycles. The summed E-state index contributed by atoms with van der Waals surface area (Å²) in [5, 5.41) is 3.47. The van der Waals surface area contributed by atoms with Gasteiger partial charge in [-0.05, 0) is 60.7 Å². The molecule has 0 unspecified atom stereocenters. The number of sulfonamides is 1. The van der Waals surface area contributed by atoms with Crippen LogP contribution in [0, 0.1) is 0 Å². The van der Waals surface area contributed by atoms with Gasteiger partial charge in [-0.3, -0.25) is 15.6 Å². The molecule has 13 heteroatoms. The van der Waals surface area contributed by atoms with Gasteiger partial charge in [-0.25, -0.2) is 23.1 Å². The molecule has 0 radical (unpaired) electrons. The second-order valence-corrected chi connectivity index (χ2v) is 8.79. The molecule has 0 aliphatic carbocycles. The fraction of sp³-hybridized carbons (Fsp3) is 0. The molecule has 0 fully saturated rings. The van der Waals surface area contributed by atoms with Crippen LogP contribution in [0.25, 0.3) is 0 Å². The third-order valence-electron chi connectivity index (χ3n) is 3.68. The lowest BCUT2D eigenvalue weighted by atomic mass is 10.2. The van der Waals surface area contributed by atoms with Crippen LogP contribution in [-0.4, -0.2) is 29.4 Å². The first-order valence-corrected chi connectivity index (χ1v) is 11.1. The molecular formula is C18H14Cl2N6O3S2. The zero-order valence-corrected chi connectivity index (χ0v) is 18.6. The van der Waals surface area contributed by atoms with Gasteiger partial charge in [0.1, 0.15) is 0 Å². The Balaban J connectivity index is 1.57. The van der Waals surface area contributed by atoms with Crippen LogP contribution in [0.4, 0.5) is 11.6 Å². The topological polar surface area (TPSA) is 125 Å². The summed E-state index contributed by atoms with van der Waals surface area (Å²) in [6.45, 7) is 0. The fourth-order valence-electron chi connectivity index (χ4n) is 2.26. The monoisotopic (exact) mass is 496 g/mol. The van der Waals surface area contributed by atoms with Gasteiger partial charge in [0.05, 0.1) is 15.5 Å². The maximum absolute atomic E-state index is 12.4. The summed E-state index contributed by atoms with van der Waals surface area (Å²) in [5.74, 6) is -0.571. The normalized spacial score (nSPS) is 10.8. The van der Waals surface area contributed by atoms with E-state index in [1.165, 1.54) is 48.8 Å². The average molecular weight is 497 g/mol. The van der Waals surface area contributed by atoms with E-state index >= 15 is 0 Å². The number of nitrogens with one attached hydrogen (secondary N) is 4. The van der Waals surface area contributed by atoms with Crippen molar-refractivity contribution in [3.63, 3.8) is 0 Å². The van der Waals surface area contributed by atoms with E-state index in [4.69, 9.17) is 35.4 Å². The molecule has 0 aliphatic rings. The predicted molar refractivity (Wildman–Crippen MR) is 123 cm³/mol. The first-order valence-electron chi connectivity index (χ1n) is 8.47. The van der Waals surface area contributed by atoms with Crippen molar-refractivity contribution in [2.24, 2.45) is 0 Å². The number of aromatic nitrogens is 2. The van der Waals surface area contributed by atoms with Gasteiger partial charge >= 0.3 is 0 Å². The van der Waals surface area contributed by atoms with E-state index in [1.807, 2.05) is 0 Å². The van der Waals surface area contributed by atoms with Crippen LogP contribution < -0.4 is 20.9 Å². The highest BCUT2D eigenvalue weighted by molar-refractivity contribution is 7.92. The van der Waals surface area contributed by atoms with Crippen LogP contribution in [0.3, 0.4) is 0 Å². The van der Waals surface area contributed by atoms with Crippen molar-refractivity contribution in [1.82, 2.24) is 20.8 Å². The maximum atomic E-state index is 12.4. The van der Waals surface area contributed by atoms with E-state index in [1.54, 1.807) is 12.1 Å². The molecule has 0 spiro atoms. The number of carbonyl (C=O) groups excluding carboxylic acids is 1. The Morgan fingerprint density at radius 2 is 1.65 bits per heavy atom. The predicted octanol–water partition coefficient (Wildman–Crippen LogP) is 3.22. The summed E-state index contributed by atoms with van der Waals surface area (Å²) in [6.07, 6.45) is 2.84. The van der Waals surface area contributed by atoms with Crippen molar-refractivity contribution in [2.75, 3.05) is 10.0 Å². The third-order valence-corrected chi connectivity index (χ3v) is 5.79. The molecule has 0 atom stereocenters. The molecule has 1 heterocycles. The Kier molecular flexibility index (Phi) is 7.23. The van der Waals surface area contributed by atoms with Crippen molar-refractivity contribution >= 4 is 68.1 Å². The second-order valence-electron chi connectivity index (χ2n) is 5.86. The van der Waals surface area contributed by atoms with Crippen LogP contribution in [0.1, 0.15) is 10.4 Å². The van der Waals surface area contributed by atoms with E-state index in [2.05, 4.69) is 30.9 Å². The Hall–Kier alpha value is -2.99. The number of hydrazine groups is 1.